The normalized spacial score (nSPS) is 11.4. The Kier molecular flexibility index (Phi) is 7.59. The van der Waals surface area contributed by atoms with Gasteiger partial charge < -0.3 is 0 Å². The third-order valence-corrected chi connectivity index (χ3v) is 7.05. The Morgan fingerprint density at radius 3 is 2.35 bits per heavy atom. The van der Waals surface area contributed by atoms with Crippen LogP contribution < -0.4 is 9.73 Å². The third-order valence-electron chi connectivity index (χ3n) is 4.56. The summed E-state index contributed by atoms with van der Waals surface area (Å²) in [5, 5.41) is 3.97. The zero-order valence-electron chi connectivity index (χ0n) is 16.9. The van der Waals surface area contributed by atoms with Crippen LogP contribution >= 0.6 is 15.9 Å². The minimum absolute atomic E-state index is 0.116. The standard InChI is InChI=1S/C23H22BrN3O3S/c1-2-18-10-7-9-15-22(18)27(31(29,30)20-12-4-3-5-13-20)17-23(28)26-25-16-19-11-6-8-14-21(19)24/h3-16H,2,17H2,1H3,(H,26,28)/b25-16+. The Balaban J connectivity index is 1.88. The van der Waals surface area contributed by atoms with Crippen LogP contribution in [-0.2, 0) is 21.2 Å². The number of rotatable bonds is 8. The Morgan fingerprint density at radius 1 is 1.00 bits per heavy atom. The highest BCUT2D eigenvalue weighted by Crippen LogP contribution is 2.27. The van der Waals surface area contributed by atoms with Gasteiger partial charge in [0.25, 0.3) is 15.9 Å². The number of halogens is 1. The first-order valence-electron chi connectivity index (χ1n) is 9.65. The number of carbonyl (C=O) groups is 1. The van der Waals surface area contributed by atoms with Crippen molar-refractivity contribution in [3.63, 3.8) is 0 Å². The highest BCUT2D eigenvalue weighted by molar-refractivity contribution is 9.10. The van der Waals surface area contributed by atoms with E-state index in [0.717, 1.165) is 19.9 Å². The molecule has 8 heteroatoms. The van der Waals surface area contributed by atoms with Crippen molar-refractivity contribution in [2.45, 2.75) is 18.2 Å². The van der Waals surface area contributed by atoms with Crippen molar-refractivity contribution in [2.24, 2.45) is 5.10 Å². The van der Waals surface area contributed by atoms with Crippen LogP contribution in [0.25, 0.3) is 0 Å². The van der Waals surface area contributed by atoms with Crippen LogP contribution in [-0.4, -0.2) is 27.1 Å². The number of nitrogens with one attached hydrogen (secondary N) is 1. The Hall–Kier alpha value is -2.97. The lowest BCUT2D eigenvalue weighted by molar-refractivity contribution is -0.119. The van der Waals surface area contributed by atoms with Gasteiger partial charge >= 0.3 is 0 Å². The van der Waals surface area contributed by atoms with E-state index in [1.807, 2.05) is 43.3 Å². The van der Waals surface area contributed by atoms with Gasteiger partial charge in [-0.05, 0) is 36.2 Å². The number of carbonyl (C=O) groups excluding carboxylic acids is 1. The van der Waals surface area contributed by atoms with E-state index in [0.29, 0.717) is 12.1 Å². The fourth-order valence-corrected chi connectivity index (χ4v) is 4.86. The smallest absolute Gasteiger partial charge is 0.264 e. The summed E-state index contributed by atoms with van der Waals surface area (Å²) in [5.74, 6) is -0.547. The summed E-state index contributed by atoms with van der Waals surface area (Å²) < 4.78 is 28.7. The van der Waals surface area contributed by atoms with Crippen LogP contribution in [0, 0.1) is 0 Å². The van der Waals surface area contributed by atoms with Crippen molar-refractivity contribution < 1.29 is 13.2 Å². The Labute approximate surface area is 190 Å². The van der Waals surface area contributed by atoms with Crippen LogP contribution in [0.4, 0.5) is 5.69 Å². The van der Waals surface area contributed by atoms with E-state index in [1.54, 1.807) is 30.3 Å². The van der Waals surface area contributed by atoms with Crippen LogP contribution in [0.3, 0.4) is 0 Å². The van der Waals surface area contributed by atoms with Crippen LogP contribution in [0.1, 0.15) is 18.1 Å². The van der Waals surface area contributed by atoms with E-state index in [1.165, 1.54) is 18.3 Å². The van der Waals surface area contributed by atoms with E-state index in [9.17, 15) is 13.2 Å². The number of sulfonamides is 1. The molecule has 0 spiro atoms. The van der Waals surface area contributed by atoms with Gasteiger partial charge in [0.05, 0.1) is 16.8 Å². The molecule has 0 heterocycles. The lowest BCUT2D eigenvalue weighted by Gasteiger charge is -2.25. The summed E-state index contributed by atoms with van der Waals surface area (Å²) in [6, 6.07) is 22.7. The highest BCUT2D eigenvalue weighted by atomic mass is 79.9. The topological polar surface area (TPSA) is 78.8 Å². The number of benzene rings is 3. The van der Waals surface area contributed by atoms with Crippen LogP contribution in [0.5, 0.6) is 0 Å². The van der Waals surface area contributed by atoms with Crippen LogP contribution in [0.2, 0.25) is 0 Å². The van der Waals surface area contributed by atoms with Gasteiger partial charge in [-0.2, -0.15) is 5.10 Å². The number of hydrogen-bond acceptors (Lipinski definition) is 4. The Bertz CT molecular complexity index is 1180. The van der Waals surface area contributed by atoms with Crippen molar-refractivity contribution >= 4 is 43.8 Å². The minimum atomic E-state index is -3.95. The fraction of sp³-hybridized carbons (Fsp3) is 0.130. The molecule has 0 aromatic heterocycles. The van der Waals surface area contributed by atoms with Crippen molar-refractivity contribution in [1.82, 2.24) is 5.43 Å². The molecular weight excluding hydrogens is 478 g/mol. The maximum absolute atomic E-state index is 13.4. The van der Waals surface area contributed by atoms with Gasteiger partial charge in [0.1, 0.15) is 6.54 Å². The number of amides is 1. The number of hydrogen-bond donors (Lipinski definition) is 1. The maximum Gasteiger partial charge on any atom is 0.264 e. The zero-order valence-corrected chi connectivity index (χ0v) is 19.3. The summed E-state index contributed by atoms with van der Waals surface area (Å²) in [4.78, 5) is 12.8. The molecule has 0 atom stereocenters. The summed E-state index contributed by atoms with van der Waals surface area (Å²) in [6.45, 7) is 1.54. The molecule has 6 nitrogen and oxygen atoms in total. The lowest BCUT2D eigenvalue weighted by Crippen LogP contribution is -2.40. The number of aryl methyl sites for hydroxylation is 1. The first-order chi connectivity index (χ1) is 14.9. The zero-order chi connectivity index (χ0) is 22.3. The van der Waals surface area contributed by atoms with Crippen LogP contribution in [0.15, 0.2) is 93.3 Å². The molecule has 0 radical (unpaired) electrons. The fourth-order valence-electron chi connectivity index (χ4n) is 2.99. The second kappa shape index (κ2) is 10.4. The van der Waals surface area contributed by atoms with Gasteiger partial charge in [0.2, 0.25) is 0 Å². The third kappa shape index (κ3) is 5.59. The monoisotopic (exact) mass is 499 g/mol. The quantitative estimate of drug-likeness (QED) is 0.369. The van der Waals surface area contributed by atoms with Gasteiger partial charge in [-0.3, -0.25) is 9.10 Å². The summed E-state index contributed by atoms with van der Waals surface area (Å²) in [7, 11) is -3.95. The van der Waals surface area contributed by atoms with Gasteiger partial charge in [-0.15, -0.1) is 0 Å². The molecule has 3 aromatic carbocycles. The van der Waals surface area contributed by atoms with Crippen molar-refractivity contribution in [2.75, 3.05) is 10.8 Å². The van der Waals surface area contributed by atoms with E-state index in [4.69, 9.17) is 0 Å². The molecule has 0 saturated carbocycles. The molecule has 3 rings (SSSR count). The largest absolute Gasteiger partial charge is 0.271 e. The highest BCUT2D eigenvalue weighted by Gasteiger charge is 2.28. The van der Waals surface area contributed by atoms with Crippen molar-refractivity contribution in [3.8, 4) is 0 Å². The molecular formula is C23H22BrN3O3S. The summed E-state index contributed by atoms with van der Waals surface area (Å²) in [5.41, 5.74) is 4.50. The predicted octanol–water partition coefficient (Wildman–Crippen LogP) is 4.36. The lowest BCUT2D eigenvalue weighted by atomic mass is 10.1. The second-order valence-corrected chi connectivity index (χ2v) is 9.34. The second-order valence-electron chi connectivity index (χ2n) is 6.62. The molecule has 160 valence electrons. The van der Waals surface area contributed by atoms with Crippen molar-refractivity contribution in [3.05, 3.63) is 94.5 Å². The number of hydrazone groups is 1. The van der Waals surface area contributed by atoms with Gasteiger partial charge in [0.15, 0.2) is 0 Å². The van der Waals surface area contributed by atoms with Gasteiger partial charge in [-0.1, -0.05) is 77.5 Å². The molecule has 1 amide bonds. The maximum atomic E-state index is 13.4. The Morgan fingerprint density at radius 2 is 1.65 bits per heavy atom. The van der Waals surface area contributed by atoms with Crippen molar-refractivity contribution in [1.29, 1.82) is 0 Å². The molecule has 3 aromatic rings. The molecule has 0 unspecified atom stereocenters. The van der Waals surface area contributed by atoms with E-state index >= 15 is 0 Å². The molecule has 0 saturated heterocycles. The van der Waals surface area contributed by atoms with Gasteiger partial charge in [0, 0.05) is 10.0 Å². The average molecular weight is 500 g/mol. The molecule has 0 fully saturated rings. The molecule has 0 aliphatic rings. The average Bonchev–Trinajstić information content (AvgIpc) is 2.79. The molecule has 1 N–H and O–H groups in total. The van der Waals surface area contributed by atoms with E-state index < -0.39 is 22.5 Å². The molecule has 0 aliphatic heterocycles. The number of nitrogens with zero attached hydrogens (tertiary/aromatic N) is 2. The first-order valence-corrected chi connectivity index (χ1v) is 11.9. The number of anilines is 1. The minimum Gasteiger partial charge on any atom is -0.271 e. The predicted molar refractivity (Wildman–Crippen MR) is 127 cm³/mol. The molecule has 0 aliphatic carbocycles. The molecule has 0 bridgehead atoms. The van der Waals surface area contributed by atoms with E-state index in [2.05, 4.69) is 26.5 Å². The first kappa shape index (κ1) is 22.7. The SMILES string of the molecule is CCc1ccccc1N(CC(=O)N/N=C/c1ccccc1Br)S(=O)(=O)c1ccccc1. The summed E-state index contributed by atoms with van der Waals surface area (Å²) in [6.07, 6.45) is 2.12. The van der Waals surface area contributed by atoms with E-state index in [-0.39, 0.29) is 4.90 Å². The molecule has 31 heavy (non-hydrogen) atoms. The summed E-state index contributed by atoms with van der Waals surface area (Å²) >= 11 is 3.41. The number of para-hydroxylation sites is 1. The van der Waals surface area contributed by atoms with Gasteiger partial charge in [-0.25, -0.2) is 13.8 Å².